The summed E-state index contributed by atoms with van der Waals surface area (Å²) in [5, 5.41) is 126. The van der Waals surface area contributed by atoms with Crippen LogP contribution in [0.15, 0.2) is 48.5 Å². The molecule has 2 heterocycles. The molecule has 4 aromatic rings. The summed E-state index contributed by atoms with van der Waals surface area (Å²) < 4.78 is 33.5. The van der Waals surface area contributed by atoms with Crippen molar-refractivity contribution < 1.29 is 99.3 Å². The average molecular weight is 927 g/mol. The number of benzene rings is 4. The van der Waals surface area contributed by atoms with Crippen LogP contribution in [0.1, 0.15) is 56.8 Å². The topological polar surface area (TPSA) is 332 Å². The lowest BCUT2D eigenvalue weighted by Gasteiger charge is -2.39. The Hall–Kier alpha value is -5.78. The fourth-order valence-corrected chi connectivity index (χ4v) is 8.16. The average Bonchev–Trinajstić information content (AvgIpc) is 3.29. The summed E-state index contributed by atoms with van der Waals surface area (Å²) in [7, 11) is 2.63. The SMILES string of the molecule is COc1cc(CCc2c(O)ccc(O[C@@H]3O[C@H](CO)[C@@H](O)[C@H](O)[C@H]3O)c2C(C)=O)cc(-c2cc(CCc3c(O)ccc(O[C@@H]4O[C@H](CO)[C@@H](O)[C@H](O)[C@H]4O)c3C(C)=O)cc(OC)c2O)c1O. The van der Waals surface area contributed by atoms with E-state index < -0.39 is 86.2 Å². The number of aliphatic hydroxyl groups excluding tert-OH is 8. The first kappa shape index (κ1) is 49.6. The van der Waals surface area contributed by atoms with Gasteiger partial charge in [-0.25, -0.2) is 0 Å². The third-order valence-corrected chi connectivity index (χ3v) is 11.7. The lowest BCUT2D eigenvalue weighted by atomic mass is 9.92. The predicted octanol–water partition coefficient (Wildman–Crippen LogP) is 0.526. The summed E-state index contributed by atoms with van der Waals surface area (Å²) in [6.45, 7) is 1.02. The van der Waals surface area contributed by atoms with Gasteiger partial charge in [-0.05, 0) is 99.2 Å². The Bertz CT molecular complexity index is 2230. The lowest BCUT2D eigenvalue weighted by Crippen LogP contribution is -2.60. The van der Waals surface area contributed by atoms with Gasteiger partial charge in [-0.1, -0.05) is 0 Å². The molecule has 10 atom stereocenters. The van der Waals surface area contributed by atoms with E-state index >= 15 is 0 Å². The van der Waals surface area contributed by atoms with Gasteiger partial charge in [0.05, 0.1) is 38.6 Å². The number of carbonyl (C=O) groups excluding carboxylic acids is 2. The quantitative estimate of drug-likeness (QED) is 0.0643. The maximum atomic E-state index is 13.1. The molecule has 12 N–H and O–H groups in total. The number of phenols is 4. The number of aryl methyl sites for hydroxylation is 2. The van der Waals surface area contributed by atoms with Crippen LogP contribution in [-0.4, -0.2) is 162 Å². The van der Waals surface area contributed by atoms with Crippen LogP contribution in [-0.2, 0) is 35.2 Å². The molecule has 2 aliphatic heterocycles. The Kier molecular flexibility index (Phi) is 15.7. The number of phenolic OH excluding ortho intramolecular Hbond substituents is 4. The Morgan fingerprint density at radius 1 is 0.515 bits per heavy atom. The number of hydrogen-bond donors (Lipinski definition) is 12. The molecule has 0 aromatic heterocycles. The van der Waals surface area contributed by atoms with Crippen molar-refractivity contribution in [1.82, 2.24) is 0 Å². The van der Waals surface area contributed by atoms with E-state index in [9.17, 15) is 70.9 Å². The number of carbonyl (C=O) groups is 2. The lowest BCUT2D eigenvalue weighted by molar-refractivity contribution is -0.277. The third kappa shape index (κ3) is 9.98. The van der Waals surface area contributed by atoms with Crippen LogP contribution in [0.25, 0.3) is 11.1 Å². The molecule has 0 radical (unpaired) electrons. The molecule has 2 fully saturated rings. The largest absolute Gasteiger partial charge is 0.508 e. The normalized spacial score (nSPS) is 25.3. The molecule has 0 amide bonds. The fourth-order valence-electron chi connectivity index (χ4n) is 8.16. The first-order valence-corrected chi connectivity index (χ1v) is 20.8. The molecule has 358 valence electrons. The van der Waals surface area contributed by atoms with Gasteiger partial charge in [0, 0.05) is 22.3 Å². The van der Waals surface area contributed by atoms with Crippen LogP contribution in [0.5, 0.6) is 46.0 Å². The maximum absolute atomic E-state index is 13.1. The van der Waals surface area contributed by atoms with Crippen molar-refractivity contribution >= 4 is 11.6 Å². The summed E-state index contributed by atoms with van der Waals surface area (Å²) in [5.41, 5.74) is 1.23. The fraction of sp³-hybridized carbons (Fsp3) is 0.435. The summed E-state index contributed by atoms with van der Waals surface area (Å²) >= 11 is 0. The standard InChI is InChI=1S/C46H54O20/c1-19(49)35-23(27(51)9-11-29(35)63-45-43(59)41(57)39(55)33(17-47)65-45)7-5-21-13-25(37(53)31(15-21)61-3)26-14-22(16-32(62-4)38(26)54)6-8-24-28(52)10-12-30(36(24)20(2)50)64-46-44(60)42(58)40(56)34(18-48)66-46/h9-16,33-34,39-48,51-60H,5-8,17-18H2,1-4H3/t33-,34-,39-,40-,41+,42+,43-,44-,45-,46-/m1/s1. The minimum atomic E-state index is -1.78. The van der Waals surface area contributed by atoms with Crippen molar-refractivity contribution in [2.45, 2.75) is 101 Å². The minimum absolute atomic E-state index is 0.00535. The molecule has 20 nitrogen and oxygen atoms in total. The number of aromatic hydroxyl groups is 4. The van der Waals surface area contributed by atoms with Gasteiger partial charge in [0.25, 0.3) is 0 Å². The number of ketones is 2. The van der Waals surface area contributed by atoms with Crippen molar-refractivity contribution in [3.05, 3.63) is 81.9 Å². The van der Waals surface area contributed by atoms with Gasteiger partial charge in [-0.2, -0.15) is 0 Å². The van der Waals surface area contributed by atoms with Gasteiger partial charge in [0.2, 0.25) is 12.6 Å². The van der Waals surface area contributed by atoms with Gasteiger partial charge in [0.1, 0.15) is 71.8 Å². The first-order valence-electron chi connectivity index (χ1n) is 20.8. The number of rotatable bonds is 17. The molecule has 0 saturated carbocycles. The van der Waals surface area contributed by atoms with Gasteiger partial charge in [0.15, 0.2) is 34.6 Å². The number of methoxy groups -OCH3 is 2. The molecule has 4 aromatic carbocycles. The molecule has 0 aliphatic carbocycles. The van der Waals surface area contributed by atoms with E-state index in [-0.39, 0.29) is 105 Å². The number of aliphatic hydroxyl groups is 8. The highest BCUT2D eigenvalue weighted by Crippen LogP contribution is 2.46. The molecular formula is C46H54O20. The Morgan fingerprint density at radius 2 is 0.879 bits per heavy atom. The van der Waals surface area contributed by atoms with Crippen LogP contribution in [0.2, 0.25) is 0 Å². The van der Waals surface area contributed by atoms with E-state index in [1.54, 1.807) is 12.1 Å². The molecule has 2 aliphatic rings. The minimum Gasteiger partial charge on any atom is -0.508 e. The van der Waals surface area contributed by atoms with E-state index in [0.717, 1.165) is 0 Å². The predicted molar refractivity (Wildman–Crippen MR) is 228 cm³/mol. The third-order valence-electron chi connectivity index (χ3n) is 11.7. The summed E-state index contributed by atoms with van der Waals surface area (Å²) in [5.74, 6) is -2.67. The molecule has 6 rings (SSSR count). The van der Waals surface area contributed by atoms with Gasteiger partial charge in [-0.15, -0.1) is 0 Å². The van der Waals surface area contributed by atoms with Gasteiger partial charge < -0.3 is 89.7 Å². The van der Waals surface area contributed by atoms with Crippen LogP contribution in [0, 0.1) is 0 Å². The Labute approximate surface area is 377 Å². The zero-order chi connectivity index (χ0) is 48.3. The molecule has 20 heteroatoms. The van der Waals surface area contributed by atoms with Crippen LogP contribution < -0.4 is 18.9 Å². The van der Waals surface area contributed by atoms with E-state index in [4.69, 9.17) is 28.4 Å². The highest BCUT2D eigenvalue weighted by atomic mass is 16.7. The van der Waals surface area contributed by atoms with Gasteiger partial charge >= 0.3 is 0 Å². The van der Waals surface area contributed by atoms with Crippen molar-refractivity contribution in [1.29, 1.82) is 0 Å². The monoisotopic (exact) mass is 926 g/mol. The number of Topliss-reactive ketones (excluding diaryl/α,β-unsaturated/α-hetero) is 2. The molecule has 0 bridgehead atoms. The molecule has 0 spiro atoms. The van der Waals surface area contributed by atoms with Crippen molar-refractivity contribution in [3.8, 4) is 57.1 Å². The maximum Gasteiger partial charge on any atom is 0.229 e. The van der Waals surface area contributed by atoms with E-state index in [1.165, 1.54) is 64.5 Å². The van der Waals surface area contributed by atoms with Crippen molar-refractivity contribution in [2.24, 2.45) is 0 Å². The summed E-state index contributed by atoms with van der Waals surface area (Å²) in [4.78, 5) is 26.2. The summed E-state index contributed by atoms with van der Waals surface area (Å²) in [6, 6.07) is 11.2. The highest BCUT2D eigenvalue weighted by molar-refractivity contribution is 5.99. The Morgan fingerprint density at radius 3 is 1.20 bits per heavy atom. The number of ether oxygens (including phenoxy) is 6. The molecule has 66 heavy (non-hydrogen) atoms. The molecule has 0 unspecified atom stereocenters. The van der Waals surface area contributed by atoms with Crippen LogP contribution in [0.3, 0.4) is 0 Å². The van der Waals surface area contributed by atoms with E-state index in [2.05, 4.69) is 0 Å². The smallest absolute Gasteiger partial charge is 0.229 e. The zero-order valence-electron chi connectivity index (χ0n) is 36.3. The molecular weight excluding hydrogens is 872 g/mol. The number of hydrogen-bond acceptors (Lipinski definition) is 20. The Balaban J connectivity index is 1.30. The first-order chi connectivity index (χ1) is 31.3. The van der Waals surface area contributed by atoms with Crippen molar-refractivity contribution in [2.75, 3.05) is 27.4 Å². The van der Waals surface area contributed by atoms with Gasteiger partial charge in [-0.3, -0.25) is 9.59 Å². The second-order valence-electron chi connectivity index (χ2n) is 16.0. The van der Waals surface area contributed by atoms with Crippen LogP contribution in [0.4, 0.5) is 0 Å². The van der Waals surface area contributed by atoms with Crippen LogP contribution >= 0.6 is 0 Å². The highest BCUT2D eigenvalue weighted by Gasteiger charge is 2.46. The second-order valence-corrected chi connectivity index (χ2v) is 16.0. The second kappa shape index (κ2) is 20.8. The van der Waals surface area contributed by atoms with Crippen molar-refractivity contribution in [3.63, 3.8) is 0 Å². The molecule has 2 saturated heterocycles. The van der Waals surface area contributed by atoms with E-state index in [1.807, 2.05) is 0 Å². The van der Waals surface area contributed by atoms with E-state index in [0.29, 0.717) is 11.1 Å². The zero-order valence-corrected chi connectivity index (χ0v) is 36.3. The summed E-state index contributed by atoms with van der Waals surface area (Å²) in [6.07, 6.45) is -16.0.